The van der Waals surface area contributed by atoms with Crippen molar-refractivity contribution in [3.8, 4) is 10.7 Å². The molecule has 0 fully saturated rings. The molecule has 0 atom stereocenters. The lowest BCUT2D eigenvalue weighted by molar-refractivity contribution is 0.0705. The fraction of sp³-hybridized carbons (Fsp3) is 0.0588. The van der Waals surface area contributed by atoms with E-state index in [2.05, 4.69) is 15.2 Å². The molecule has 1 amide bonds. The molecule has 4 N–H and O–H groups in total. The quantitative estimate of drug-likeness (QED) is 0.333. The molecule has 0 saturated carbocycles. The highest BCUT2D eigenvalue weighted by molar-refractivity contribution is 7.99. The minimum atomic E-state index is -1.02. The third-order valence-corrected chi connectivity index (χ3v) is 6.36. The van der Waals surface area contributed by atoms with Gasteiger partial charge in [0.25, 0.3) is 5.91 Å². The van der Waals surface area contributed by atoms with E-state index in [4.69, 9.17) is 10.9 Å². The van der Waals surface area contributed by atoms with E-state index >= 15 is 0 Å². The van der Waals surface area contributed by atoms with Crippen LogP contribution in [0, 0.1) is 11.6 Å². The van der Waals surface area contributed by atoms with Gasteiger partial charge in [-0.1, -0.05) is 0 Å². The van der Waals surface area contributed by atoms with Crippen molar-refractivity contribution < 1.29 is 18.8 Å². The first-order valence-corrected chi connectivity index (χ1v) is 9.68. The number of halogens is 2. The molecular weight excluding hydrogens is 422 g/mol. The number of nitrogens with one attached hydrogen (secondary N) is 1. The Bertz CT molecular complexity index is 1230. The van der Waals surface area contributed by atoms with Crippen LogP contribution in [-0.2, 0) is 7.05 Å². The van der Waals surface area contributed by atoms with Crippen molar-refractivity contribution in [2.24, 2.45) is 7.05 Å². The molecule has 4 rings (SSSR count). The Balaban J connectivity index is 1.71. The number of nitrogens with zero attached hydrogens (tertiary/aromatic N) is 4. The Kier molecular flexibility index (Phi) is 4.90. The van der Waals surface area contributed by atoms with Crippen LogP contribution >= 0.6 is 23.1 Å². The topological polar surface area (TPSA) is 119 Å². The second-order valence-electron chi connectivity index (χ2n) is 5.88. The molecule has 0 unspecified atom stereocenters. The first kappa shape index (κ1) is 19.2. The van der Waals surface area contributed by atoms with Gasteiger partial charge in [-0.2, -0.15) is 0 Å². The molecular formula is C17H12F2N6O2S2. The molecule has 4 aromatic rings. The molecule has 0 bridgehead atoms. The second-order valence-corrected chi connectivity index (χ2v) is 7.85. The van der Waals surface area contributed by atoms with Gasteiger partial charge < -0.3 is 10.3 Å². The van der Waals surface area contributed by atoms with E-state index < -0.39 is 17.5 Å². The van der Waals surface area contributed by atoms with E-state index in [1.165, 1.54) is 16.8 Å². The van der Waals surface area contributed by atoms with Crippen LogP contribution in [0.3, 0.4) is 0 Å². The standard InChI is InChI=1S/C17H12F2N6O2S2/c1-25-14(13-11(20)8-3-2-4-21-16(8)28-13)22-23-17(25)29-12-9(18)5-7(6-10(12)19)15(26)24-27/h2-6,27H,20H2,1H3,(H,24,26). The lowest BCUT2D eigenvalue weighted by Crippen LogP contribution is -2.19. The minimum Gasteiger partial charge on any atom is -0.397 e. The number of amides is 1. The molecule has 12 heteroatoms. The van der Waals surface area contributed by atoms with Gasteiger partial charge >= 0.3 is 0 Å². The number of aromatic nitrogens is 4. The summed E-state index contributed by atoms with van der Waals surface area (Å²) in [5, 5.41) is 17.7. The molecule has 0 spiro atoms. The number of carbonyl (C=O) groups is 1. The number of benzene rings is 1. The summed E-state index contributed by atoms with van der Waals surface area (Å²) in [6.07, 6.45) is 1.66. The van der Waals surface area contributed by atoms with Crippen molar-refractivity contribution in [1.29, 1.82) is 0 Å². The number of hydroxylamine groups is 1. The number of rotatable bonds is 4. The van der Waals surface area contributed by atoms with Crippen molar-refractivity contribution >= 4 is 44.9 Å². The summed E-state index contributed by atoms with van der Waals surface area (Å²) >= 11 is 2.06. The molecule has 29 heavy (non-hydrogen) atoms. The molecule has 3 heterocycles. The summed E-state index contributed by atoms with van der Waals surface area (Å²) in [5.74, 6) is -2.52. The van der Waals surface area contributed by atoms with Gasteiger partial charge in [0.05, 0.1) is 15.5 Å². The van der Waals surface area contributed by atoms with Crippen LogP contribution in [0.15, 0.2) is 40.5 Å². The number of pyridine rings is 1. The number of thiophene rings is 1. The molecule has 0 aliphatic rings. The highest BCUT2D eigenvalue weighted by Gasteiger charge is 2.22. The largest absolute Gasteiger partial charge is 0.397 e. The summed E-state index contributed by atoms with van der Waals surface area (Å²) in [7, 11) is 1.65. The lowest BCUT2D eigenvalue weighted by Gasteiger charge is -2.07. The van der Waals surface area contributed by atoms with Crippen LogP contribution in [0.4, 0.5) is 14.5 Å². The number of nitrogens with two attached hydrogens (primary N) is 1. The number of fused-ring (bicyclic) bond motifs is 1. The maximum absolute atomic E-state index is 14.4. The maximum atomic E-state index is 14.4. The van der Waals surface area contributed by atoms with Gasteiger partial charge in [0.2, 0.25) is 0 Å². The molecule has 148 valence electrons. The highest BCUT2D eigenvalue weighted by Crippen LogP contribution is 2.40. The molecule has 0 radical (unpaired) electrons. The first-order chi connectivity index (χ1) is 13.9. The summed E-state index contributed by atoms with van der Waals surface area (Å²) in [6.45, 7) is 0. The SMILES string of the molecule is Cn1c(Sc2c(F)cc(C(=O)NO)cc2F)nnc1-c1sc2ncccc2c1N. The van der Waals surface area contributed by atoms with Gasteiger partial charge in [-0.3, -0.25) is 10.0 Å². The normalized spacial score (nSPS) is 11.2. The maximum Gasteiger partial charge on any atom is 0.274 e. The zero-order valence-corrected chi connectivity index (χ0v) is 16.3. The number of hydrogen-bond donors (Lipinski definition) is 3. The van der Waals surface area contributed by atoms with E-state index in [1.807, 2.05) is 6.07 Å². The third-order valence-electron chi connectivity index (χ3n) is 4.10. The number of anilines is 1. The zero-order valence-electron chi connectivity index (χ0n) is 14.7. The van der Waals surface area contributed by atoms with Gasteiger partial charge in [0.15, 0.2) is 11.0 Å². The van der Waals surface area contributed by atoms with Crippen molar-refractivity contribution in [1.82, 2.24) is 25.2 Å². The van der Waals surface area contributed by atoms with Crippen molar-refractivity contribution in [2.45, 2.75) is 10.1 Å². The Hall–Kier alpha value is -3.09. The average Bonchev–Trinajstić information content (AvgIpc) is 3.23. The number of hydrogen-bond acceptors (Lipinski definition) is 8. The van der Waals surface area contributed by atoms with Gasteiger partial charge in [0.1, 0.15) is 16.5 Å². The summed E-state index contributed by atoms with van der Waals surface area (Å²) in [5.41, 5.74) is 7.69. The zero-order chi connectivity index (χ0) is 20.7. The van der Waals surface area contributed by atoms with Gasteiger partial charge in [-0.25, -0.2) is 19.2 Å². The summed E-state index contributed by atoms with van der Waals surface area (Å²) in [4.78, 5) is 16.7. The van der Waals surface area contributed by atoms with Gasteiger partial charge in [-0.05, 0) is 36.0 Å². The van der Waals surface area contributed by atoms with Crippen molar-refractivity contribution in [3.63, 3.8) is 0 Å². The van der Waals surface area contributed by atoms with Crippen LogP contribution in [0.2, 0.25) is 0 Å². The third kappa shape index (κ3) is 3.30. The van der Waals surface area contributed by atoms with Crippen LogP contribution < -0.4 is 11.2 Å². The van der Waals surface area contributed by atoms with E-state index in [9.17, 15) is 13.6 Å². The van der Waals surface area contributed by atoms with Crippen LogP contribution in [0.5, 0.6) is 0 Å². The first-order valence-electron chi connectivity index (χ1n) is 8.04. The highest BCUT2D eigenvalue weighted by atomic mass is 32.2. The average molecular weight is 434 g/mol. The monoisotopic (exact) mass is 434 g/mol. The minimum absolute atomic E-state index is 0.224. The van der Waals surface area contributed by atoms with Gasteiger partial charge in [0, 0.05) is 24.2 Å². The van der Waals surface area contributed by atoms with Crippen molar-refractivity contribution in [2.75, 3.05) is 5.73 Å². The van der Waals surface area contributed by atoms with E-state index in [-0.39, 0.29) is 15.6 Å². The summed E-state index contributed by atoms with van der Waals surface area (Å²) in [6, 6.07) is 5.27. The van der Waals surface area contributed by atoms with Gasteiger partial charge in [-0.15, -0.1) is 21.5 Å². The van der Waals surface area contributed by atoms with Crippen molar-refractivity contribution in [3.05, 3.63) is 47.7 Å². The Morgan fingerprint density at radius 1 is 1.31 bits per heavy atom. The molecule has 0 aliphatic heterocycles. The Labute approximate surface area is 170 Å². The molecule has 8 nitrogen and oxygen atoms in total. The van der Waals surface area contributed by atoms with E-state index in [0.717, 1.165) is 34.1 Å². The van der Waals surface area contributed by atoms with Crippen LogP contribution in [-0.4, -0.2) is 30.9 Å². The molecule has 0 saturated heterocycles. The van der Waals surface area contributed by atoms with E-state index in [0.29, 0.717) is 16.4 Å². The summed E-state index contributed by atoms with van der Waals surface area (Å²) < 4.78 is 30.3. The molecule has 0 aliphatic carbocycles. The smallest absolute Gasteiger partial charge is 0.274 e. The van der Waals surface area contributed by atoms with Crippen LogP contribution in [0.25, 0.3) is 20.9 Å². The van der Waals surface area contributed by atoms with E-state index in [1.54, 1.807) is 23.9 Å². The predicted molar refractivity (Wildman–Crippen MR) is 104 cm³/mol. The van der Waals surface area contributed by atoms with Crippen LogP contribution in [0.1, 0.15) is 10.4 Å². The fourth-order valence-corrected chi connectivity index (χ4v) is 4.55. The predicted octanol–water partition coefficient (Wildman–Crippen LogP) is 3.22. The second kappa shape index (κ2) is 7.39. The lowest BCUT2D eigenvalue weighted by atomic mass is 10.2. The Morgan fingerprint density at radius 2 is 2.03 bits per heavy atom. The molecule has 1 aromatic carbocycles. The fourth-order valence-electron chi connectivity index (χ4n) is 2.66. The number of carbonyl (C=O) groups excluding carboxylic acids is 1. The number of nitrogen functional groups attached to an aromatic ring is 1. The molecule has 3 aromatic heterocycles. The Morgan fingerprint density at radius 3 is 2.69 bits per heavy atom.